The van der Waals surface area contributed by atoms with Gasteiger partial charge in [-0.05, 0) is 34.1 Å². The first kappa shape index (κ1) is 14.7. The summed E-state index contributed by atoms with van der Waals surface area (Å²) in [6, 6.07) is -0.457. The molecule has 0 saturated carbocycles. The minimum absolute atomic E-state index is 0.0968. The molecule has 5 nitrogen and oxygen atoms in total. The van der Waals surface area contributed by atoms with Crippen LogP contribution in [0, 0.1) is 0 Å². The zero-order chi connectivity index (χ0) is 12.8. The van der Waals surface area contributed by atoms with Crippen LogP contribution in [0.2, 0.25) is 0 Å². The fraction of sp³-hybridized carbons (Fsp3) is 0.818. The molecular formula is C11H24N4O. The standard InChI is InChI=1S/C11H24N4O/c1-6-7-13-9(16)8(2)14-10(12)15-11(3,4)5/h8H,6-7H2,1-5H3,(H,13,16)(H3,12,14,15). The fourth-order valence-electron chi connectivity index (χ4n) is 1.08. The Morgan fingerprint density at radius 1 is 1.44 bits per heavy atom. The highest BCUT2D eigenvalue weighted by Gasteiger charge is 2.14. The minimum atomic E-state index is -0.457. The van der Waals surface area contributed by atoms with Gasteiger partial charge in [-0.1, -0.05) is 6.92 Å². The van der Waals surface area contributed by atoms with Crippen LogP contribution >= 0.6 is 0 Å². The molecule has 1 unspecified atom stereocenters. The highest BCUT2D eigenvalue weighted by molar-refractivity contribution is 5.86. The van der Waals surface area contributed by atoms with Gasteiger partial charge in [-0.3, -0.25) is 4.79 Å². The number of amides is 1. The van der Waals surface area contributed by atoms with Gasteiger partial charge in [0.05, 0.1) is 0 Å². The van der Waals surface area contributed by atoms with E-state index in [-0.39, 0.29) is 11.4 Å². The van der Waals surface area contributed by atoms with Crippen molar-refractivity contribution in [2.75, 3.05) is 6.54 Å². The van der Waals surface area contributed by atoms with Gasteiger partial charge in [0.15, 0.2) is 5.96 Å². The average molecular weight is 228 g/mol. The second kappa shape index (κ2) is 6.35. The van der Waals surface area contributed by atoms with Gasteiger partial charge in [-0.2, -0.15) is 0 Å². The Kier molecular flexibility index (Phi) is 5.85. The van der Waals surface area contributed by atoms with Crippen LogP contribution in [0.5, 0.6) is 0 Å². The maximum atomic E-state index is 11.5. The van der Waals surface area contributed by atoms with Crippen LogP contribution in [-0.2, 0) is 4.79 Å². The van der Waals surface area contributed by atoms with E-state index >= 15 is 0 Å². The van der Waals surface area contributed by atoms with Gasteiger partial charge in [-0.15, -0.1) is 0 Å². The molecule has 0 fully saturated rings. The summed E-state index contributed by atoms with van der Waals surface area (Å²) in [6.45, 7) is 10.4. The summed E-state index contributed by atoms with van der Waals surface area (Å²) in [5.74, 6) is 0.201. The van der Waals surface area contributed by atoms with E-state index in [1.807, 2.05) is 27.7 Å². The molecule has 5 heteroatoms. The number of hydrogen-bond donors (Lipinski definition) is 3. The maximum absolute atomic E-state index is 11.5. The number of guanidine groups is 1. The number of rotatable bonds is 4. The Morgan fingerprint density at radius 2 is 2.00 bits per heavy atom. The molecule has 4 N–H and O–H groups in total. The minimum Gasteiger partial charge on any atom is -0.370 e. The number of nitrogens with one attached hydrogen (secondary N) is 2. The van der Waals surface area contributed by atoms with Crippen LogP contribution in [0.4, 0.5) is 0 Å². The molecule has 94 valence electrons. The molecule has 16 heavy (non-hydrogen) atoms. The van der Waals surface area contributed by atoms with Crippen molar-refractivity contribution < 1.29 is 4.79 Å². The maximum Gasteiger partial charge on any atom is 0.244 e. The molecule has 0 aromatic rings. The van der Waals surface area contributed by atoms with Crippen molar-refractivity contribution in [1.29, 1.82) is 0 Å². The predicted octanol–water partition coefficient (Wildman–Crippen LogP) is 0.604. The van der Waals surface area contributed by atoms with Crippen molar-refractivity contribution >= 4 is 11.9 Å². The van der Waals surface area contributed by atoms with Crippen LogP contribution < -0.4 is 16.4 Å². The van der Waals surface area contributed by atoms with E-state index in [2.05, 4.69) is 15.6 Å². The Labute approximate surface area is 97.9 Å². The average Bonchev–Trinajstić information content (AvgIpc) is 2.10. The highest BCUT2D eigenvalue weighted by atomic mass is 16.2. The molecule has 0 aromatic heterocycles. The molecule has 1 atom stereocenters. The second-order valence-corrected chi connectivity index (χ2v) is 4.86. The van der Waals surface area contributed by atoms with Gasteiger partial charge < -0.3 is 16.4 Å². The van der Waals surface area contributed by atoms with E-state index < -0.39 is 6.04 Å². The number of nitrogens with two attached hydrogens (primary N) is 1. The lowest BCUT2D eigenvalue weighted by Gasteiger charge is -2.21. The first-order valence-electron chi connectivity index (χ1n) is 5.65. The molecule has 0 aliphatic carbocycles. The van der Waals surface area contributed by atoms with E-state index in [4.69, 9.17) is 5.73 Å². The first-order chi connectivity index (χ1) is 7.26. The SMILES string of the molecule is CCCNC(=O)C(C)N=C(N)NC(C)(C)C. The van der Waals surface area contributed by atoms with Gasteiger partial charge in [0.1, 0.15) is 6.04 Å². The zero-order valence-corrected chi connectivity index (χ0v) is 10.9. The quantitative estimate of drug-likeness (QED) is 0.487. The Hall–Kier alpha value is -1.26. The van der Waals surface area contributed by atoms with Crippen molar-refractivity contribution in [3.05, 3.63) is 0 Å². The summed E-state index contributed by atoms with van der Waals surface area (Å²) >= 11 is 0. The third-order valence-corrected chi connectivity index (χ3v) is 1.76. The van der Waals surface area contributed by atoms with Crippen molar-refractivity contribution in [2.24, 2.45) is 10.7 Å². The molecule has 0 spiro atoms. The molecule has 0 aromatic carbocycles. The Morgan fingerprint density at radius 3 is 2.44 bits per heavy atom. The zero-order valence-electron chi connectivity index (χ0n) is 10.9. The fourth-order valence-corrected chi connectivity index (χ4v) is 1.08. The van der Waals surface area contributed by atoms with E-state index in [1.165, 1.54) is 0 Å². The summed E-state index contributed by atoms with van der Waals surface area (Å²) in [4.78, 5) is 15.6. The Bertz CT molecular complexity index is 255. The summed E-state index contributed by atoms with van der Waals surface area (Å²) in [5.41, 5.74) is 5.54. The van der Waals surface area contributed by atoms with Crippen molar-refractivity contribution in [3.8, 4) is 0 Å². The van der Waals surface area contributed by atoms with Gasteiger partial charge in [-0.25, -0.2) is 4.99 Å². The lowest BCUT2D eigenvalue weighted by atomic mass is 10.1. The smallest absolute Gasteiger partial charge is 0.244 e. The van der Waals surface area contributed by atoms with Crippen molar-refractivity contribution in [3.63, 3.8) is 0 Å². The molecule has 0 aliphatic heterocycles. The topological polar surface area (TPSA) is 79.5 Å². The molecule has 0 radical (unpaired) electrons. The van der Waals surface area contributed by atoms with Crippen LogP contribution in [0.1, 0.15) is 41.0 Å². The molecule has 0 bridgehead atoms. The molecule has 0 aliphatic rings. The summed E-state index contributed by atoms with van der Waals surface area (Å²) in [6.07, 6.45) is 0.915. The Balaban J connectivity index is 4.24. The van der Waals surface area contributed by atoms with E-state index in [0.29, 0.717) is 12.5 Å². The van der Waals surface area contributed by atoms with E-state index in [1.54, 1.807) is 6.92 Å². The van der Waals surface area contributed by atoms with Crippen LogP contribution in [0.25, 0.3) is 0 Å². The first-order valence-corrected chi connectivity index (χ1v) is 5.65. The number of hydrogen-bond acceptors (Lipinski definition) is 2. The normalized spacial score (nSPS) is 14.4. The number of carbonyl (C=O) groups is 1. The number of nitrogens with zero attached hydrogens (tertiary/aromatic N) is 1. The van der Waals surface area contributed by atoms with Gasteiger partial charge in [0.25, 0.3) is 0 Å². The number of carbonyl (C=O) groups excluding carboxylic acids is 1. The van der Waals surface area contributed by atoms with Crippen molar-refractivity contribution in [1.82, 2.24) is 10.6 Å². The van der Waals surface area contributed by atoms with Gasteiger partial charge >= 0.3 is 0 Å². The molecule has 0 heterocycles. The lowest BCUT2D eigenvalue weighted by molar-refractivity contribution is -0.121. The molecule has 0 saturated heterocycles. The van der Waals surface area contributed by atoms with Crippen LogP contribution in [-0.4, -0.2) is 30.0 Å². The lowest BCUT2D eigenvalue weighted by Crippen LogP contribution is -2.46. The van der Waals surface area contributed by atoms with Gasteiger partial charge in [0.2, 0.25) is 5.91 Å². The highest BCUT2D eigenvalue weighted by Crippen LogP contribution is 1.98. The summed E-state index contributed by atoms with van der Waals surface area (Å²) in [5, 5.41) is 5.78. The van der Waals surface area contributed by atoms with Crippen molar-refractivity contribution in [2.45, 2.75) is 52.6 Å². The third kappa shape index (κ3) is 7.09. The number of aliphatic imine (C=N–C) groups is 1. The van der Waals surface area contributed by atoms with Crippen LogP contribution in [0.15, 0.2) is 4.99 Å². The largest absolute Gasteiger partial charge is 0.370 e. The summed E-state index contributed by atoms with van der Waals surface area (Å²) < 4.78 is 0. The predicted molar refractivity (Wildman–Crippen MR) is 67.3 cm³/mol. The third-order valence-electron chi connectivity index (χ3n) is 1.76. The molecule has 0 rings (SSSR count). The van der Waals surface area contributed by atoms with E-state index in [9.17, 15) is 4.79 Å². The van der Waals surface area contributed by atoms with Crippen LogP contribution in [0.3, 0.4) is 0 Å². The summed E-state index contributed by atoms with van der Waals surface area (Å²) in [7, 11) is 0. The van der Waals surface area contributed by atoms with E-state index in [0.717, 1.165) is 6.42 Å². The molecule has 1 amide bonds. The molecular weight excluding hydrogens is 204 g/mol. The second-order valence-electron chi connectivity index (χ2n) is 4.86. The van der Waals surface area contributed by atoms with Gasteiger partial charge in [0, 0.05) is 12.1 Å². The monoisotopic (exact) mass is 228 g/mol.